The summed E-state index contributed by atoms with van der Waals surface area (Å²) in [5.74, 6) is 0. The van der Waals surface area contributed by atoms with Gasteiger partial charge in [-0.3, -0.25) is 30.3 Å². The van der Waals surface area contributed by atoms with E-state index in [0.717, 1.165) is 0 Å². The molecule has 13 heavy (non-hydrogen) atoms. The SMILES string of the molecule is O=[N+]([O-])C1CC([N+](=O)[O-])C1[N+](=O)[O-]. The van der Waals surface area contributed by atoms with E-state index >= 15 is 0 Å². The molecule has 0 amide bonds. The molecule has 1 saturated carbocycles. The van der Waals surface area contributed by atoms with E-state index in [1.54, 1.807) is 0 Å². The molecule has 1 rings (SSSR count). The van der Waals surface area contributed by atoms with Crippen molar-refractivity contribution < 1.29 is 14.8 Å². The van der Waals surface area contributed by atoms with E-state index in [1.165, 1.54) is 0 Å². The molecule has 2 unspecified atom stereocenters. The minimum Gasteiger partial charge on any atom is -0.264 e. The van der Waals surface area contributed by atoms with Crippen LogP contribution in [0.4, 0.5) is 0 Å². The molecular weight excluding hydrogens is 186 g/mol. The lowest BCUT2D eigenvalue weighted by atomic mass is 9.82. The summed E-state index contributed by atoms with van der Waals surface area (Å²) >= 11 is 0. The summed E-state index contributed by atoms with van der Waals surface area (Å²) in [6.45, 7) is 0. The van der Waals surface area contributed by atoms with Gasteiger partial charge in [0.15, 0.2) is 0 Å². The van der Waals surface area contributed by atoms with Gasteiger partial charge in [0.05, 0.1) is 6.42 Å². The van der Waals surface area contributed by atoms with E-state index in [0.29, 0.717) is 0 Å². The van der Waals surface area contributed by atoms with Crippen molar-refractivity contribution in [3.63, 3.8) is 0 Å². The molecule has 1 aliphatic rings. The Hall–Kier alpha value is -1.80. The maximum Gasteiger partial charge on any atom is 0.344 e. The molecule has 2 atom stereocenters. The van der Waals surface area contributed by atoms with Crippen LogP contribution in [-0.4, -0.2) is 32.9 Å². The largest absolute Gasteiger partial charge is 0.344 e. The fourth-order valence-electron chi connectivity index (χ4n) is 1.29. The summed E-state index contributed by atoms with van der Waals surface area (Å²) in [6.07, 6.45) is -0.356. The highest BCUT2D eigenvalue weighted by Crippen LogP contribution is 2.28. The molecule has 0 aromatic carbocycles. The predicted octanol–water partition coefficient (Wildman–Crippen LogP) is -0.674. The Balaban J connectivity index is 2.74. The molecular formula is C4H5N3O6. The van der Waals surface area contributed by atoms with Gasteiger partial charge >= 0.3 is 6.04 Å². The predicted molar refractivity (Wildman–Crippen MR) is 37.0 cm³/mol. The maximum atomic E-state index is 10.2. The second-order valence-corrected chi connectivity index (χ2v) is 2.72. The molecule has 1 fully saturated rings. The fraction of sp³-hybridized carbons (Fsp3) is 1.00. The second kappa shape index (κ2) is 2.92. The van der Waals surface area contributed by atoms with Gasteiger partial charge in [-0.25, -0.2) is 0 Å². The van der Waals surface area contributed by atoms with Crippen LogP contribution < -0.4 is 0 Å². The molecule has 0 aromatic rings. The van der Waals surface area contributed by atoms with E-state index < -0.39 is 32.9 Å². The van der Waals surface area contributed by atoms with Crippen molar-refractivity contribution >= 4 is 0 Å². The van der Waals surface area contributed by atoms with Gasteiger partial charge in [0.25, 0.3) is 12.1 Å². The van der Waals surface area contributed by atoms with Gasteiger partial charge in [0.1, 0.15) is 0 Å². The molecule has 0 heterocycles. The van der Waals surface area contributed by atoms with E-state index in [-0.39, 0.29) is 6.42 Å². The van der Waals surface area contributed by atoms with Crippen molar-refractivity contribution in [1.82, 2.24) is 0 Å². The normalized spacial score (nSPS) is 31.8. The summed E-state index contributed by atoms with van der Waals surface area (Å²) in [4.78, 5) is 27.9. The van der Waals surface area contributed by atoms with Crippen molar-refractivity contribution in [2.45, 2.75) is 24.5 Å². The second-order valence-electron chi connectivity index (χ2n) is 2.72. The highest BCUT2D eigenvalue weighted by Gasteiger charge is 2.65. The molecule has 9 nitrogen and oxygen atoms in total. The van der Waals surface area contributed by atoms with Gasteiger partial charge in [-0.2, -0.15) is 0 Å². The van der Waals surface area contributed by atoms with Crippen LogP contribution >= 0.6 is 0 Å². The first-order valence-electron chi connectivity index (χ1n) is 3.35. The minimum atomic E-state index is -1.68. The molecule has 72 valence electrons. The summed E-state index contributed by atoms with van der Waals surface area (Å²) in [6, 6.07) is -4.50. The van der Waals surface area contributed by atoms with Crippen LogP contribution in [0, 0.1) is 30.3 Å². The molecule has 0 bridgehead atoms. The van der Waals surface area contributed by atoms with Gasteiger partial charge in [-0.15, -0.1) is 0 Å². The number of nitro groups is 3. The van der Waals surface area contributed by atoms with Crippen molar-refractivity contribution in [2.75, 3.05) is 0 Å². The quantitative estimate of drug-likeness (QED) is 0.429. The molecule has 0 aliphatic heterocycles. The molecule has 0 saturated heterocycles. The monoisotopic (exact) mass is 191 g/mol. The molecule has 1 aliphatic carbocycles. The van der Waals surface area contributed by atoms with E-state index in [1.807, 2.05) is 0 Å². The smallest absolute Gasteiger partial charge is 0.264 e. The third-order valence-electron chi connectivity index (χ3n) is 2.06. The van der Waals surface area contributed by atoms with Crippen LogP contribution in [0.15, 0.2) is 0 Å². The molecule has 0 N–H and O–H groups in total. The lowest BCUT2D eigenvalue weighted by Gasteiger charge is -2.25. The summed E-state index contributed by atoms with van der Waals surface area (Å²) in [7, 11) is 0. The zero-order chi connectivity index (χ0) is 10.2. The lowest BCUT2D eigenvalue weighted by Crippen LogP contribution is -2.61. The van der Waals surface area contributed by atoms with Crippen molar-refractivity contribution in [3.05, 3.63) is 30.3 Å². The summed E-state index contributed by atoms with van der Waals surface area (Å²) in [5, 5.41) is 30.5. The first-order chi connectivity index (χ1) is 5.95. The topological polar surface area (TPSA) is 129 Å². The van der Waals surface area contributed by atoms with E-state index in [2.05, 4.69) is 0 Å². The number of hydrogen-bond donors (Lipinski definition) is 0. The maximum absolute atomic E-state index is 10.2. The average Bonchev–Trinajstić information content (AvgIpc) is 1.79. The van der Waals surface area contributed by atoms with Crippen LogP contribution in [0.25, 0.3) is 0 Å². The summed E-state index contributed by atoms with van der Waals surface area (Å²) in [5.41, 5.74) is 0. The number of rotatable bonds is 3. The first-order valence-corrected chi connectivity index (χ1v) is 3.35. The van der Waals surface area contributed by atoms with Crippen molar-refractivity contribution in [1.29, 1.82) is 0 Å². The zero-order valence-electron chi connectivity index (χ0n) is 6.23. The summed E-state index contributed by atoms with van der Waals surface area (Å²) < 4.78 is 0. The van der Waals surface area contributed by atoms with Gasteiger partial charge in [-0.1, -0.05) is 0 Å². The zero-order valence-corrected chi connectivity index (χ0v) is 6.23. The minimum absolute atomic E-state index is 0.356. The first kappa shape index (κ1) is 9.29. The molecule has 0 spiro atoms. The van der Waals surface area contributed by atoms with Crippen molar-refractivity contribution in [2.24, 2.45) is 0 Å². The van der Waals surface area contributed by atoms with Gasteiger partial charge in [-0.05, 0) is 0 Å². The van der Waals surface area contributed by atoms with Crippen LogP contribution in [0.1, 0.15) is 6.42 Å². The number of nitrogens with zero attached hydrogens (tertiary/aromatic N) is 3. The molecule has 0 aromatic heterocycles. The number of hydrogen-bond acceptors (Lipinski definition) is 6. The highest BCUT2D eigenvalue weighted by atomic mass is 16.7. The Bertz CT molecular complexity index is 257. The Morgan fingerprint density at radius 3 is 1.46 bits per heavy atom. The molecule has 0 radical (unpaired) electrons. The van der Waals surface area contributed by atoms with Gasteiger partial charge < -0.3 is 0 Å². The van der Waals surface area contributed by atoms with Gasteiger partial charge in [0.2, 0.25) is 0 Å². The van der Waals surface area contributed by atoms with Crippen LogP contribution in [0.5, 0.6) is 0 Å². The van der Waals surface area contributed by atoms with Crippen LogP contribution in [0.2, 0.25) is 0 Å². The van der Waals surface area contributed by atoms with E-state index in [9.17, 15) is 30.3 Å². The fourth-order valence-corrected chi connectivity index (χ4v) is 1.29. The van der Waals surface area contributed by atoms with E-state index in [4.69, 9.17) is 0 Å². The van der Waals surface area contributed by atoms with Crippen LogP contribution in [-0.2, 0) is 0 Å². The average molecular weight is 191 g/mol. The highest BCUT2D eigenvalue weighted by molar-refractivity contribution is 4.90. The van der Waals surface area contributed by atoms with Crippen LogP contribution in [0.3, 0.4) is 0 Å². The molecule has 9 heteroatoms. The lowest BCUT2D eigenvalue weighted by molar-refractivity contribution is -0.704. The third-order valence-corrected chi connectivity index (χ3v) is 2.06. The Morgan fingerprint density at radius 1 is 0.846 bits per heavy atom. The Morgan fingerprint density at radius 2 is 1.23 bits per heavy atom. The third kappa shape index (κ3) is 1.39. The Labute approximate surface area is 70.8 Å². The van der Waals surface area contributed by atoms with Gasteiger partial charge in [0, 0.05) is 14.8 Å². The Kier molecular flexibility index (Phi) is 2.09. The van der Waals surface area contributed by atoms with Crippen molar-refractivity contribution in [3.8, 4) is 0 Å². The standard InChI is InChI=1S/C4H5N3O6/c8-5(9)2-1-3(6(10)11)4(2)7(12)13/h2-4H,1H2.